The first-order chi connectivity index (χ1) is 4.56. The number of aliphatic imine (C=N–C) groups is 1. The molecule has 0 saturated heterocycles. The highest BCUT2D eigenvalue weighted by molar-refractivity contribution is 6.29. The maximum absolute atomic E-state index is 11.0. The molecule has 0 saturated carbocycles. The van der Waals surface area contributed by atoms with E-state index in [2.05, 4.69) is 4.99 Å². The molecule has 0 atom stereocenters. The predicted octanol–water partition coefficient (Wildman–Crippen LogP) is 1.17. The molecule has 0 aromatic rings. The third-order valence-corrected chi connectivity index (χ3v) is 1.59. The van der Waals surface area contributed by atoms with Crippen LogP contribution in [0.5, 0.6) is 0 Å². The molecule has 1 aliphatic rings. The summed E-state index contributed by atoms with van der Waals surface area (Å²) in [6, 6.07) is 0. The zero-order valence-corrected chi connectivity index (χ0v) is 6.59. The van der Waals surface area contributed by atoms with Crippen molar-refractivity contribution in [3.8, 4) is 0 Å². The molecule has 3 nitrogen and oxygen atoms in total. The van der Waals surface area contributed by atoms with Crippen LogP contribution in [-0.4, -0.2) is 22.3 Å². The van der Waals surface area contributed by atoms with Gasteiger partial charge in [0, 0.05) is 13.8 Å². The third-order valence-electron chi connectivity index (χ3n) is 1.59. The van der Waals surface area contributed by atoms with Gasteiger partial charge in [-0.15, -0.1) is 0 Å². The van der Waals surface area contributed by atoms with Gasteiger partial charge in [-0.05, 0) is 6.42 Å². The van der Waals surface area contributed by atoms with Crippen LogP contribution in [0.15, 0.2) is 4.99 Å². The van der Waals surface area contributed by atoms with Crippen LogP contribution in [0.1, 0.15) is 27.2 Å². The van der Waals surface area contributed by atoms with Crippen LogP contribution in [0.2, 0.25) is 0 Å². The second-order valence-electron chi connectivity index (χ2n) is 2.91. The Hall–Kier alpha value is -0.860. The summed E-state index contributed by atoms with van der Waals surface area (Å²) in [4.78, 5) is 4.19. The predicted molar refractivity (Wildman–Crippen MR) is 41.5 cm³/mol. The molecule has 0 spiro atoms. The minimum absolute atomic E-state index is 0.564. The van der Waals surface area contributed by atoms with Crippen molar-refractivity contribution in [2.45, 2.75) is 32.9 Å². The highest BCUT2D eigenvalue weighted by Crippen LogP contribution is 2.14. The van der Waals surface area contributed by atoms with Crippen LogP contribution in [-0.2, 0) is 0 Å². The van der Waals surface area contributed by atoms with Crippen LogP contribution in [0, 0.1) is 5.21 Å². The van der Waals surface area contributed by atoms with Crippen molar-refractivity contribution in [3.63, 3.8) is 0 Å². The summed E-state index contributed by atoms with van der Waals surface area (Å²) >= 11 is 0. The van der Waals surface area contributed by atoms with Crippen LogP contribution in [0.4, 0.5) is 0 Å². The highest BCUT2D eigenvalue weighted by Gasteiger charge is 2.30. The van der Waals surface area contributed by atoms with Gasteiger partial charge in [0.1, 0.15) is 5.71 Å². The zero-order valence-electron chi connectivity index (χ0n) is 6.59. The summed E-state index contributed by atoms with van der Waals surface area (Å²) in [5.41, 5.74) is 0.325. The van der Waals surface area contributed by atoms with Crippen molar-refractivity contribution in [2.75, 3.05) is 0 Å². The molecular formula is C7H12N2O. The normalized spacial score (nSPS) is 22.3. The summed E-state index contributed by atoms with van der Waals surface area (Å²) < 4.78 is 0.895. The van der Waals surface area contributed by atoms with Gasteiger partial charge in [-0.2, -0.15) is 4.74 Å². The van der Waals surface area contributed by atoms with Crippen molar-refractivity contribution in [2.24, 2.45) is 4.99 Å². The average Bonchev–Trinajstić information content (AvgIpc) is 2.08. The Morgan fingerprint density at radius 3 is 2.50 bits per heavy atom. The van der Waals surface area contributed by atoms with Gasteiger partial charge >= 0.3 is 0 Å². The molecule has 10 heavy (non-hydrogen) atoms. The van der Waals surface area contributed by atoms with Gasteiger partial charge in [-0.3, -0.25) is 0 Å². The lowest BCUT2D eigenvalue weighted by Crippen LogP contribution is -2.26. The monoisotopic (exact) mass is 140 g/mol. The second-order valence-corrected chi connectivity index (χ2v) is 2.91. The number of rotatable bonds is 1. The maximum Gasteiger partial charge on any atom is 0.259 e. The number of nitrogens with zero attached hydrogens (tertiary/aromatic N) is 2. The van der Waals surface area contributed by atoms with E-state index in [9.17, 15) is 5.21 Å². The SMILES string of the molecule is CCC1=NC(C)(C)[N+]([O-])=C1. The second kappa shape index (κ2) is 2.08. The van der Waals surface area contributed by atoms with Gasteiger partial charge in [0.2, 0.25) is 0 Å². The summed E-state index contributed by atoms with van der Waals surface area (Å²) in [5.74, 6) is 0. The van der Waals surface area contributed by atoms with E-state index in [0.717, 1.165) is 16.9 Å². The molecule has 3 heteroatoms. The maximum atomic E-state index is 11.0. The Labute approximate surface area is 60.7 Å². The van der Waals surface area contributed by atoms with Gasteiger partial charge in [0.15, 0.2) is 6.21 Å². The highest BCUT2D eigenvalue weighted by atomic mass is 16.5. The molecule has 1 heterocycles. The fourth-order valence-electron chi connectivity index (χ4n) is 0.893. The summed E-state index contributed by atoms with van der Waals surface area (Å²) in [6.45, 7) is 5.60. The Kier molecular flexibility index (Phi) is 1.50. The first-order valence-corrected chi connectivity index (χ1v) is 3.46. The molecule has 0 aliphatic carbocycles. The van der Waals surface area contributed by atoms with E-state index < -0.39 is 5.66 Å². The molecule has 1 aliphatic heterocycles. The molecule has 1 rings (SSSR count). The molecule has 56 valence electrons. The number of hydrogen-bond donors (Lipinski definition) is 0. The first-order valence-electron chi connectivity index (χ1n) is 3.46. The molecule has 0 bridgehead atoms. The first kappa shape index (κ1) is 7.25. The van der Waals surface area contributed by atoms with Crippen molar-refractivity contribution in [1.29, 1.82) is 0 Å². The Morgan fingerprint density at radius 1 is 1.70 bits per heavy atom. The molecule has 0 N–H and O–H groups in total. The van der Waals surface area contributed by atoms with Gasteiger partial charge in [0.05, 0.1) is 0 Å². The van der Waals surface area contributed by atoms with Gasteiger partial charge in [-0.25, -0.2) is 4.99 Å². The largest absolute Gasteiger partial charge is 0.622 e. The van der Waals surface area contributed by atoms with Crippen LogP contribution >= 0.6 is 0 Å². The smallest absolute Gasteiger partial charge is 0.259 e. The van der Waals surface area contributed by atoms with Crippen LogP contribution in [0.3, 0.4) is 0 Å². The van der Waals surface area contributed by atoms with Crippen molar-refractivity contribution >= 4 is 11.9 Å². The minimum Gasteiger partial charge on any atom is -0.622 e. The minimum atomic E-state index is -0.564. The molecule has 0 radical (unpaired) electrons. The number of hydrogen-bond acceptors (Lipinski definition) is 2. The fraction of sp³-hybridized carbons (Fsp3) is 0.714. The van der Waals surface area contributed by atoms with E-state index >= 15 is 0 Å². The van der Waals surface area contributed by atoms with E-state index in [1.807, 2.05) is 6.92 Å². The van der Waals surface area contributed by atoms with Crippen molar-refractivity contribution in [1.82, 2.24) is 0 Å². The summed E-state index contributed by atoms with van der Waals surface area (Å²) in [5, 5.41) is 11.0. The lowest BCUT2D eigenvalue weighted by molar-refractivity contribution is -0.528. The average molecular weight is 140 g/mol. The van der Waals surface area contributed by atoms with Gasteiger partial charge < -0.3 is 5.21 Å². The van der Waals surface area contributed by atoms with E-state index in [-0.39, 0.29) is 0 Å². The molecule has 0 amide bonds. The van der Waals surface area contributed by atoms with Gasteiger partial charge in [0.25, 0.3) is 5.66 Å². The molecule has 0 fully saturated rings. The molecule has 0 unspecified atom stereocenters. The van der Waals surface area contributed by atoms with Crippen LogP contribution < -0.4 is 0 Å². The summed E-state index contributed by atoms with van der Waals surface area (Å²) in [7, 11) is 0. The van der Waals surface area contributed by atoms with E-state index in [1.54, 1.807) is 20.1 Å². The number of hydroxylamine groups is 1. The fourth-order valence-corrected chi connectivity index (χ4v) is 0.893. The van der Waals surface area contributed by atoms with Crippen LogP contribution in [0.25, 0.3) is 0 Å². The molecular weight excluding hydrogens is 128 g/mol. The Morgan fingerprint density at radius 2 is 2.30 bits per heavy atom. The zero-order chi connectivity index (χ0) is 7.78. The van der Waals surface area contributed by atoms with Gasteiger partial charge in [-0.1, -0.05) is 6.92 Å². The standard InChI is InChI=1S/C7H12N2O/c1-4-6-5-9(10)7(2,3)8-6/h5H,4H2,1-3H3. The van der Waals surface area contributed by atoms with E-state index in [0.29, 0.717) is 0 Å². The molecule has 0 aromatic carbocycles. The van der Waals surface area contributed by atoms with E-state index in [1.165, 1.54) is 0 Å². The summed E-state index contributed by atoms with van der Waals surface area (Å²) in [6.07, 6.45) is 2.39. The topological polar surface area (TPSA) is 38.4 Å². The Balaban J connectivity index is 2.88. The lowest BCUT2D eigenvalue weighted by Gasteiger charge is -2.13. The van der Waals surface area contributed by atoms with Crippen molar-refractivity contribution in [3.05, 3.63) is 5.21 Å². The molecule has 0 aromatic heterocycles. The lowest BCUT2D eigenvalue weighted by atomic mass is 10.3. The Bertz CT molecular complexity index is 204. The quantitative estimate of drug-likeness (QED) is 0.398. The third kappa shape index (κ3) is 1.03. The van der Waals surface area contributed by atoms with E-state index in [4.69, 9.17) is 0 Å². The van der Waals surface area contributed by atoms with Crippen molar-refractivity contribution < 1.29 is 4.74 Å².